The third kappa shape index (κ3) is 6.02. The molecule has 4 rings (SSSR count). The quantitative estimate of drug-likeness (QED) is 0.345. The Bertz CT molecular complexity index is 1270. The molecular weight excluding hydrogens is 479 g/mol. The molecule has 3 aromatic heterocycles. The average molecular weight is 496 g/mol. The van der Waals surface area contributed by atoms with E-state index in [1.807, 2.05) is 10.8 Å². The molecule has 0 radical (unpaired) electrons. The molecule has 0 saturated carbocycles. The van der Waals surface area contributed by atoms with Crippen LogP contribution in [0.3, 0.4) is 0 Å². The minimum atomic E-state index is -4.49. The van der Waals surface area contributed by atoms with Gasteiger partial charge in [0.2, 0.25) is 0 Å². The molecule has 0 saturated heterocycles. The Kier molecular flexibility index (Phi) is 7.24. The largest absolute Gasteiger partial charge is 0.405 e. The molecule has 0 aliphatic rings. The number of carbonyl (C=O) groups is 2. The number of rotatable bonds is 5. The van der Waals surface area contributed by atoms with E-state index in [1.54, 1.807) is 64.6 Å². The Morgan fingerprint density at radius 1 is 1.06 bits per heavy atom. The first-order chi connectivity index (χ1) is 15.3. The van der Waals surface area contributed by atoms with Gasteiger partial charge < -0.3 is 16.0 Å². The zero-order valence-corrected chi connectivity index (χ0v) is 18.4. The molecule has 0 fully saturated rings. The highest BCUT2D eigenvalue weighted by molar-refractivity contribution is 7.08. The lowest BCUT2D eigenvalue weighted by atomic mass is 10.1. The van der Waals surface area contributed by atoms with Crippen molar-refractivity contribution in [3.63, 3.8) is 0 Å². The maximum absolute atomic E-state index is 12.4. The summed E-state index contributed by atoms with van der Waals surface area (Å²) in [5.41, 5.74) is 3.39. The van der Waals surface area contributed by atoms with Gasteiger partial charge in [-0.1, -0.05) is 12.1 Å². The molecule has 3 heterocycles. The monoisotopic (exact) mass is 495 g/mol. The van der Waals surface area contributed by atoms with Gasteiger partial charge in [-0.05, 0) is 35.7 Å². The van der Waals surface area contributed by atoms with Gasteiger partial charge in [0, 0.05) is 28.4 Å². The number of thiophene rings is 1. The predicted molar refractivity (Wildman–Crippen MR) is 123 cm³/mol. The Hall–Kier alpha value is -3.57. The molecule has 0 aliphatic carbocycles. The van der Waals surface area contributed by atoms with Crippen LogP contribution in [0.25, 0.3) is 16.9 Å². The molecule has 7 nitrogen and oxygen atoms in total. The fraction of sp³-hybridized carbons (Fsp3) is 0.0952. The third-order valence-corrected chi connectivity index (χ3v) is 5.10. The first-order valence-electron chi connectivity index (χ1n) is 9.31. The number of benzene rings is 1. The summed E-state index contributed by atoms with van der Waals surface area (Å²) in [6.07, 6.45) is -1.18. The van der Waals surface area contributed by atoms with Crippen molar-refractivity contribution >= 4 is 52.7 Å². The Labute approximate surface area is 196 Å². The number of anilines is 2. The van der Waals surface area contributed by atoms with Crippen molar-refractivity contribution in [3.05, 3.63) is 71.2 Å². The van der Waals surface area contributed by atoms with Crippen LogP contribution < -0.4 is 16.0 Å². The minimum Gasteiger partial charge on any atom is -0.329 e. The van der Waals surface area contributed by atoms with Crippen LogP contribution in [0.2, 0.25) is 0 Å². The van der Waals surface area contributed by atoms with Gasteiger partial charge in [-0.15, -0.1) is 12.4 Å². The highest BCUT2D eigenvalue weighted by atomic mass is 35.5. The Morgan fingerprint density at radius 2 is 1.88 bits per heavy atom. The van der Waals surface area contributed by atoms with Crippen molar-refractivity contribution in [3.8, 4) is 11.3 Å². The standard InChI is InChI=1S/C21H16F3N5O2S.ClH/c22-21(23,24)12-26-20(31)28-15-3-1-2-13(8-15)17-10-25-18-9-14(4-6-29(17)18)19(30)27-16-5-7-32-11-16;/h1-11H,12H2,(H,27,30)(H2,26,28,31);1H. The van der Waals surface area contributed by atoms with E-state index >= 15 is 0 Å². The second-order valence-corrected chi connectivity index (χ2v) is 7.54. The fourth-order valence-electron chi connectivity index (χ4n) is 2.99. The van der Waals surface area contributed by atoms with Crippen molar-refractivity contribution in [2.24, 2.45) is 0 Å². The van der Waals surface area contributed by atoms with Gasteiger partial charge in [0.25, 0.3) is 5.91 Å². The van der Waals surface area contributed by atoms with Gasteiger partial charge >= 0.3 is 12.2 Å². The molecule has 3 amide bonds. The highest BCUT2D eigenvalue weighted by Gasteiger charge is 2.27. The Morgan fingerprint density at radius 3 is 2.61 bits per heavy atom. The number of hydrogen-bond donors (Lipinski definition) is 3. The summed E-state index contributed by atoms with van der Waals surface area (Å²) in [6, 6.07) is 10.8. The van der Waals surface area contributed by atoms with Crippen molar-refractivity contribution < 1.29 is 22.8 Å². The SMILES string of the molecule is Cl.O=C(NCC(F)(F)F)Nc1cccc(-c2cnc3cc(C(=O)Nc4ccsc4)ccn23)c1. The van der Waals surface area contributed by atoms with E-state index in [2.05, 4.69) is 15.6 Å². The first kappa shape index (κ1) is 24.1. The number of halogens is 4. The van der Waals surface area contributed by atoms with E-state index in [1.165, 1.54) is 11.3 Å². The van der Waals surface area contributed by atoms with Crippen LogP contribution in [0.15, 0.2) is 65.6 Å². The van der Waals surface area contributed by atoms with Crippen LogP contribution in [0.4, 0.5) is 29.3 Å². The normalized spacial score (nSPS) is 11.0. The topological polar surface area (TPSA) is 87.5 Å². The molecule has 3 N–H and O–H groups in total. The van der Waals surface area contributed by atoms with Crippen molar-refractivity contribution in [1.82, 2.24) is 14.7 Å². The number of alkyl halides is 3. The first-order valence-corrected chi connectivity index (χ1v) is 10.3. The van der Waals surface area contributed by atoms with Crippen molar-refractivity contribution in [2.45, 2.75) is 6.18 Å². The molecule has 0 atom stereocenters. The second kappa shape index (κ2) is 9.92. The number of fused-ring (bicyclic) bond motifs is 1. The predicted octanol–water partition coefficient (Wildman–Crippen LogP) is 5.42. The highest BCUT2D eigenvalue weighted by Crippen LogP contribution is 2.25. The molecule has 1 aromatic carbocycles. The second-order valence-electron chi connectivity index (χ2n) is 6.76. The smallest absolute Gasteiger partial charge is 0.329 e. The number of imidazole rings is 1. The molecule has 0 unspecified atom stereocenters. The number of amides is 3. The van der Waals surface area contributed by atoms with Crippen LogP contribution in [-0.2, 0) is 0 Å². The number of nitrogens with zero attached hydrogens (tertiary/aromatic N) is 2. The van der Waals surface area contributed by atoms with Gasteiger partial charge in [-0.3, -0.25) is 9.20 Å². The van der Waals surface area contributed by atoms with Gasteiger partial charge in [0.1, 0.15) is 12.2 Å². The number of aromatic nitrogens is 2. The number of nitrogens with one attached hydrogen (secondary N) is 3. The molecular formula is C21H17ClF3N5O2S. The molecule has 12 heteroatoms. The summed E-state index contributed by atoms with van der Waals surface area (Å²) in [4.78, 5) is 28.5. The lowest BCUT2D eigenvalue weighted by Gasteiger charge is -2.11. The maximum Gasteiger partial charge on any atom is 0.405 e. The van der Waals surface area contributed by atoms with Gasteiger partial charge in [0.05, 0.1) is 17.6 Å². The number of carbonyl (C=O) groups excluding carboxylic acids is 2. The molecule has 0 spiro atoms. The van der Waals surface area contributed by atoms with E-state index in [0.717, 1.165) is 0 Å². The van der Waals surface area contributed by atoms with E-state index in [0.29, 0.717) is 33.8 Å². The molecule has 172 valence electrons. The van der Waals surface area contributed by atoms with Gasteiger partial charge in [-0.2, -0.15) is 24.5 Å². The van der Waals surface area contributed by atoms with E-state index in [-0.39, 0.29) is 18.3 Å². The summed E-state index contributed by atoms with van der Waals surface area (Å²) in [5.74, 6) is -0.258. The molecule has 0 aliphatic heterocycles. The van der Waals surface area contributed by atoms with Crippen LogP contribution in [0, 0.1) is 0 Å². The average Bonchev–Trinajstić information content (AvgIpc) is 3.41. The summed E-state index contributed by atoms with van der Waals surface area (Å²) in [7, 11) is 0. The molecule has 4 aromatic rings. The fourth-order valence-corrected chi connectivity index (χ4v) is 3.57. The zero-order chi connectivity index (χ0) is 22.7. The summed E-state index contributed by atoms with van der Waals surface area (Å²) >= 11 is 1.48. The third-order valence-electron chi connectivity index (χ3n) is 4.42. The molecule has 0 bridgehead atoms. The lowest BCUT2D eigenvalue weighted by molar-refractivity contribution is -0.122. The van der Waals surface area contributed by atoms with Crippen LogP contribution in [0.1, 0.15) is 10.4 Å². The molecule has 33 heavy (non-hydrogen) atoms. The van der Waals surface area contributed by atoms with Crippen LogP contribution >= 0.6 is 23.7 Å². The zero-order valence-electron chi connectivity index (χ0n) is 16.7. The maximum atomic E-state index is 12.4. The van der Waals surface area contributed by atoms with E-state index in [4.69, 9.17) is 0 Å². The van der Waals surface area contributed by atoms with Gasteiger partial charge in [-0.25, -0.2) is 9.78 Å². The number of hydrogen-bond acceptors (Lipinski definition) is 4. The van der Waals surface area contributed by atoms with Crippen LogP contribution in [0.5, 0.6) is 0 Å². The summed E-state index contributed by atoms with van der Waals surface area (Å²) in [5, 5.41) is 10.6. The number of urea groups is 1. The lowest BCUT2D eigenvalue weighted by Crippen LogP contribution is -2.36. The van der Waals surface area contributed by atoms with E-state index < -0.39 is 18.8 Å². The summed E-state index contributed by atoms with van der Waals surface area (Å²) in [6.45, 7) is -1.42. The van der Waals surface area contributed by atoms with E-state index in [9.17, 15) is 22.8 Å². The Balaban J connectivity index is 0.00000306. The van der Waals surface area contributed by atoms with Crippen molar-refractivity contribution in [1.29, 1.82) is 0 Å². The minimum absolute atomic E-state index is 0. The van der Waals surface area contributed by atoms with Crippen molar-refractivity contribution in [2.75, 3.05) is 17.2 Å². The van der Waals surface area contributed by atoms with Crippen LogP contribution in [-0.4, -0.2) is 34.0 Å². The number of pyridine rings is 1. The van der Waals surface area contributed by atoms with Gasteiger partial charge in [0.15, 0.2) is 0 Å². The summed E-state index contributed by atoms with van der Waals surface area (Å²) < 4.78 is 38.5.